The maximum absolute atomic E-state index is 8.59. The Hall–Kier alpha value is -1.38. The fourth-order valence-electron chi connectivity index (χ4n) is 1.56. The first kappa shape index (κ1) is 14.7. The number of hydrogen-bond acceptors (Lipinski definition) is 2. The third kappa shape index (κ3) is 7.05. The van der Waals surface area contributed by atoms with Crippen molar-refractivity contribution >= 4 is 0 Å². The Balaban J connectivity index is 2.14. The molecule has 0 bridgehead atoms. The van der Waals surface area contributed by atoms with E-state index in [-0.39, 0.29) is 6.61 Å². The highest BCUT2D eigenvalue weighted by molar-refractivity contribution is 5.13. The SMILES string of the molecule is C/C(=C\COCc1ccccc1)CC/C=C/CO. The largest absolute Gasteiger partial charge is 0.392 e. The summed E-state index contributed by atoms with van der Waals surface area (Å²) in [6, 6.07) is 10.2. The zero-order valence-electron chi connectivity index (χ0n) is 11.0. The van der Waals surface area contributed by atoms with E-state index < -0.39 is 0 Å². The topological polar surface area (TPSA) is 29.5 Å². The van der Waals surface area contributed by atoms with Crippen LogP contribution >= 0.6 is 0 Å². The maximum atomic E-state index is 8.59. The van der Waals surface area contributed by atoms with Crippen molar-refractivity contribution in [2.75, 3.05) is 13.2 Å². The van der Waals surface area contributed by atoms with Crippen LogP contribution in [0, 0.1) is 0 Å². The highest BCUT2D eigenvalue weighted by Crippen LogP contribution is 2.05. The molecular formula is C16H22O2. The molecule has 0 aromatic heterocycles. The van der Waals surface area contributed by atoms with Crippen LogP contribution in [-0.2, 0) is 11.3 Å². The van der Waals surface area contributed by atoms with Crippen molar-refractivity contribution < 1.29 is 9.84 Å². The first-order valence-corrected chi connectivity index (χ1v) is 6.36. The summed E-state index contributed by atoms with van der Waals surface area (Å²) in [5, 5.41) is 8.59. The quantitative estimate of drug-likeness (QED) is 0.562. The number of benzene rings is 1. The number of allylic oxidation sites excluding steroid dienone is 2. The van der Waals surface area contributed by atoms with Gasteiger partial charge >= 0.3 is 0 Å². The lowest BCUT2D eigenvalue weighted by molar-refractivity contribution is 0.148. The molecule has 98 valence electrons. The van der Waals surface area contributed by atoms with Gasteiger partial charge in [0, 0.05) is 0 Å². The highest BCUT2D eigenvalue weighted by Gasteiger charge is 1.91. The normalized spacial score (nSPS) is 12.2. The summed E-state index contributed by atoms with van der Waals surface area (Å²) in [5.74, 6) is 0. The van der Waals surface area contributed by atoms with Crippen molar-refractivity contribution in [3.05, 3.63) is 59.7 Å². The van der Waals surface area contributed by atoms with Crippen LogP contribution in [0.5, 0.6) is 0 Å². The number of rotatable bonds is 8. The molecule has 0 fully saturated rings. The molecule has 1 aromatic carbocycles. The summed E-state index contributed by atoms with van der Waals surface area (Å²) in [5.41, 5.74) is 2.53. The molecule has 1 aromatic rings. The Morgan fingerprint density at radius 3 is 2.72 bits per heavy atom. The molecule has 0 radical (unpaired) electrons. The Kier molecular flexibility index (Phi) is 7.85. The van der Waals surface area contributed by atoms with E-state index >= 15 is 0 Å². The molecule has 0 aliphatic heterocycles. The third-order valence-electron chi connectivity index (χ3n) is 2.64. The van der Waals surface area contributed by atoms with Gasteiger partial charge in [0.1, 0.15) is 0 Å². The minimum Gasteiger partial charge on any atom is -0.392 e. The number of aliphatic hydroxyl groups is 1. The van der Waals surface area contributed by atoms with Crippen molar-refractivity contribution in [2.45, 2.75) is 26.4 Å². The van der Waals surface area contributed by atoms with Crippen molar-refractivity contribution in [1.29, 1.82) is 0 Å². The molecule has 1 rings (SSSR count). The van der Waals surface area contributed by atoms with Crippen LogP contribution in [0.2, 0.25) is 0 Å². The van der Waals surface area contributed by atoms with Crippen LogP contribution in [0.15, 0.2) is 54.1 Å². The summed E-state index contributed by atoms with van der Waals surface area (Å²) in [6.07, 6.45) is 7.89. The predicted molar refractivity (Wildman–Crippen MR) is 75.3 cm³/mol. The second-order valence-corrected chi connectivity index (χ2v) is 4.24. The minimum atomic E-state index is 0.128. The molecule has 1 N–H and O–H groups in total. The van der Waals surface area contributed by atoms with Gasteiger partial charge in [0.15, 0.2) is 0 Å². The summed E-state index contributed by atoms with van der Waals surface area (Å²) < 4.78 is 5.58. The molecule has 0 heterocycles. The fraction of sp³-hybridized carbons (Fsp3) is 0.375. The van der Waals surface area contributed by atoms with E-state index in [0.29, 0.717) is 13.2 Å². The zero-order chi connectivity index (χ0) is 13.1. The minimum absolute atomic E-state index is 0.128. The molecule has 0 saturated heterocycles. The van der Waals surface area contributed by atoms with E-state index in [0.717, 1.165) is 12.8 Å². The van der Waals surface area contributed by atoms with Gasteiger partial charge in [-0.2, -0.15) is 0 Å². The zero-order valence-corrected chi connectivity index (χ0v) is 11.0. The van der Waals surface area contributed by atoms with Gasteiger partial charge in [0.25, 0.3) is 0 Å². The van der Waals surface area contributed by atoms with Gasteiger partial charge in [-0.25, -0.2) is 0 Å². The summed E-state index contributed by atoms with van der Waals surface area (Å²) >= 11 is 0. The van der Waals surface area contributed by atoms with Gasteiger partial charge in [-0.15, -0.1) is 0 Å². The molecule has 2 heteroatoms. The number of ether oxygens (including phenoxy) is 1. The van der Waals surface area contributed by atoms with Crippen LogP contribution in [0.25, 0.3) is 0 Å². The van der Waals surface area contributed by atoms with Gasteiger partial charge in [-0.1, -0.05) is 54.1 Å². The molecular weight excluding hydrogens is 224 g/mol. The number of hydrogen-bond donors (Lipinski definition) is 1. The Morgan fingerprint density at radius 2 is 2.00 bits per heavy atom. The number of aliphatic hydroxyl groups excluding tert-OH is 1. The third-order valence-corrected chi connectivity index (χ3v) is 2.64. The van der Waals surface area contributed by atoms with Gasteiger partial charge in [0.05, 0.1) is 19.8 Å². The molecule has 18 heavy (non-hydrogen) atoms. The van der Waals surface area contributed by atoms with Crippen LogP contribution in [0.4, 0.5) is 0 Å². The lowest BCUT2D eigenvalue weighted by Gasteiger charge is -2.02. The van der Waals surface area contributed by atoms with Crippen molar-refractivity contribution in [3.8, 4) is 0 Å². The second kappa shape index (κ2) is 9.63. The molecule has 0 saturated carbocycles. The summed E-state index contributed by atoms with van der Waals surface area (Å²) in [6.45, 7) is 3.56. The van der Waals surface area contributed by atoms with E-state index in [1.807, 2.05) is 24.3 Å². The Bertz CT molecular complexity index is 366. The molecule has 2 nitrogen and oxygen atoms in total. The van der Waals surface area contributed by atoms with Gasteiger partial charge in [-0.3, -0.25) is 0 Å². The van der Waals surface area contributed by atoms with Gasteiger partial charge in [-0.05, 0) is 25.3 Å². The molecule has 0 atom stereocenters. The fourth-order valence-corrected chi connectivity index (χ4v) is 1.56. The molecule has 0 unspecified atom stereocenters. The predicted octanol–water partition coefficient (Wildman–Crippen LogP) is 3.48. The van der Waals surface area contributed by atoms with Gasteiger partial charge in [0.2, 0.25) is 0 Å². The first-order chi connectivity index (χ1) is 8.83. The Labute approximate surface area is 110 Å². The van der Waals surface area contributed by atoms with E-state index in [9.17, 15) is 0 Å². The van der Waals surface area contributed by atoms with Crippen molar-refractivity contribution in [2.24, 2.45) is 0 Å². The van der Waals surface area contributed by atoms with E-state index in [1.54, 1.807) is 6.08 Å². The van der Waals surface area contributed by atoms with E-state index in [2.05, 4.69) is 25.1 Å². The highest BCUT2D eigenvalue weighted by atomic mass is 16.5. The van der Waals surface area contributed by atoms with Crippen LogP contribution in [0.3, 0.4) is 0 Å². The van der Waals surface area contributed by atoms with Crippen LogP contribution < -0.4 is 0 Å². The Morgan fingerprint density at radius 1 is 1.22 bits per heavy atom. The summed E-state index contributed by atoms with van der Waals surface area (Å²) in [4.78, 5) is 0. The molecule has 0 spiro atoms. The lowest BCUT2D eigenvalue weighted by atomic mass is 10.1. The molecule has 0 aliphatic rings. The smallest absolute Gasteiger partial charge is 0.0721 e. The van der Waals surface area contributed by atoms with Crippen LogP contribution in [-0.4, -0.2) is 18.3 Å². The average Bonchev–Trinajstić information content (AvgIpc) is 2.41. The molecule has 0 amide bonds. The summed E-state index contributed by atoms with van der Waals surface area (Å²) in [7, 11) is 0. The van der Waals surface area contributed by atoms with Gasteiger partial charge < -0.3 is 9.84 Å². The van der Waals surface area contributed by atoms with Crippen molar-refractivity contribution in [1.82, 2.24) is 0 Å². The van der Waals surface area contributed by atoms with E-state index in [4.69, 9.17) is 9.84 Å². The van der Waals surface area contributed by atoms with Crippen LogP contribution in [0.1, 0.15) is 25.3 Å². The maximum Gasteiger partial charge on any atom is 0.0721 e. The first-order valence-electron chi connectivity index (χ1n) is 6.36. The monoisotopic (exact) mass is 246 g/mol. The second-order valence-electron chi connectivity index (χ2n) is 4.24. The lowest BCUT2D eigenvalue weighted by Crippen LogP contribution is -1.93. The average molecular weight is 246 g/mol. The standard InChI is InChI=1S/C16H22O2/c1-15(8-4-3-7-12-17)11-13-18-14-16-9-5-2-6-10-16/h2-3,5-7,9-11,17H,4,8,12-14H2,1H3/b7-3+,15-11+. The van der Waals surface area contributed by atoms with Crippen molar-refractivity contribution in [3.63, 3.8) is 0 Å². The molecule has 0 aliphatic carbocycles. The van der Waals surface area contributed by atoms with E-state index in [1.165, 1.54) is 11.1 Å².